The van der Waals surface area contributed by atoms with Gasteiger partial charge in [0.2, 0.25) is 11.8 Å². The maximum Gasteiger partial charge on any atom is 0.233 e. The Bertz CT molecular complexity index is 1510. The number of allylic oxidation sites excluding steroid dienone is 1. The number of nitrogens with zero attached hydrogens (tertiary/aromatic N) is 2. The summed E-state index contributed by atoms with van der Waals surface area (Å²) in [6.45, 7) is -0.317. The Morgan fingerprint density at radius 1 is 1.12 bits per heavy atom. The number of aliphatic hydroxyl groups is 2. The SMILES string of the molecule is CN1C(=O)[C@@H]2[C@@H](CC(COc3ccccc3)=C([C@H](O)CC/C(=C/c3ccc(O)c(F)c3)c3ccccn3)[C@@H]2CO)C1=O. The Labute approximate surface area is 243 Å². The van der Waals surface area contributed by atoms with Crippen molar-refractivity contribution in [3.63, 3.8) is 0 Å². The molecule has 1 fully saturated rings. The van der Waals surface area contributed by atoms with Gasteiger partial charge in [0, 0.05) is 19.2 Å². The lowest BCUT2D eigenvalue weighted by molar-refractivity contribution is -0.138. The van der Waals surface area contributed by atoms with E-state index in [0.717, 1.165) is 10.5 Å². The number of fused-ring (bicyclic) bond motifs is 1. The molecule has 0 spiro atoms. The molecule has 2 aromatic carbocycles. The van der Waals surface area contributed by atoms with E-state index in [1.807, 2.05) is 30.3 Å². The highest BCUT2D eigenvalue weighted by molar-refractivity contribution is 6.05. The molecule has 5 rings (SSSR count). The van der Waals surface area contributed by atoms with Gasteiger partial charge < -0.3 is 20.1 Å². The number of pyridine rings is 1. The normalized spacial score (nSPS) is 21.5. The molecule has 4 atom stereocenters. The van der Waals surface area contributed by atoms with Gasteiger partial charge in [-0.05, 0) is 84.0 Å². The minimum Gasteiger partial charge on any atom is -0.505 e. The summed E-state index contributed by atoms with van der Waals surface area (Å²) in [7, 11) is 1.45. The van der Waals surface area contributed by atoms with Crippen molar-refractivity contribution in [2.24, 2.45) is 17.8 Å². The molecule has 8 nitrogen and oxygen atoms in total. The van der Waals surface area contributed by atoms with Crippen molar-refractivity contribution >= 4 is 23.5 Å². The number of carbonyl (C=O) groups is 2. The number of benzene rings is 2. The molecule has 2 amide bonds. The Kier molecular flexibility index (Phi) is 8.80. The molecule has 1 aliphatic carbocycles. The van der Waals surface area contributed by atoms with Gasteiger partial charge in [0.05, 0.1) is 30.2 Å². The number of aliphatic hydroxyl groups excluding tert-OH is 2. The van der Waals surface area contributed by atoms with E-state index in [1.54, 1.807) is 36.5 Å². The fourth-order valence-corrected chi connectivity index (χ4v) is 6.03. The number of carbonyl (C=O) groups excluding carboxylic acids is 2. The number of imide groups is 1. The van der Waals surface area contributed by atoms with E-state index < -0.39 is 42.0 Å². The van der Waals surface area contributed by atoms with E-state index in [1.165, 1.54) is 19.2 Å². The molecular formula is C33H33FN2O6. The molecule has 218 valence electrons. The van der Waals surface area contributed by atoms with Crippen LogP contribution in [0.25, 0.3) is 11.6 Å². The van der Waals surface area contributed by atoms with Crippen LogP contribution in [-0.4, -0.2) is 63.4 Å². The largest absolute Gasteiger partial charge is 0.505 e. The third-order valence-corrected chi connectivity index (χ3v) is 8.11. The number of rotatable bonds is 10. The van der Waals surface area contributed by atoms with Gasteiger partial charge in [0.1, 0.15) is 12.4 Å². The quantitative estimate of drug-likeness (QED) is 0.246. The summed E-state index contributed by atoms with van der Waals surface area (Å²) in [6, 6.07) is 18.7. The van der Waals surface area contributed by atoms with Crippen molar-refractivity contribution in [2.45, 2.75) is 25.4 Å². The molecular weight excluding hydrogens is 539 g/mol. The molecule has 2 heterocycles. The number of para-hydroxylation sites is 1. The highest BCUT2D eigenvalue weighted by Gasteiger charge is 2.53. The number of halogens is 1. The molecule has 1 aromatic heterocycles. The number of hydrogen-bond acceptors (Lipinski definition) is 7. The predicted molar refractivity (Wildman–Crippen MR) is 154 cm³/mol. The zero-order valence-corrected chi connectivity index (χ0v) is 23.2. The zero-order valence-electron chi connectivity index (χ0n) is 23.2. The van der Waals surface area contributed by atoms with E-state index in [0.29, 0.717) is 34.6 Å². The van der Waals surface area contributed by atoms with Crippen LogP contribution in [0, 0.1) is 23.6 Å². The van der Waals surface area contributed by atoms with Crippen LogP contribution in [0.1, 0.15) is 30.5 Å². The van der Waals surface area contributed by atoms with E-state index in [-0.39, 0.29) is 31.3 Å². The van der Waals surface area contributed by atoms with Gasteiger partial charge in [-0.15, -0.1) is 0 Å². The minimum absolute atomic E-state index is 0.0943. The predicted octanol–water partition coefficient (Wildman–Crippen LogP) is 4.23. The molecule has 0 bridgehead atoms. The number of phenolic OH excluding ortho intramolecular Hbond substituents is 1. The highest BCUT2D eigenvalue weighted by atomic mass is 19.1. The molecule has 1 saturated heterocycles. The first-order valence-corrected chi connectivity index (χ1v) is 13.9. The fraction of sp³-hybridized carbons (Fsp3) is 0.303. The molecule has 2 aliphatic rings. The van der Waals surface area contributed by atoms with E-state index in [2.05, 4.69) is 4.98 Å². The lowest BCUT2D eigenvalue weighted by Gasteiger charge is -2.36. The van der Waals surface area contributed by atoms with Crippen LogP contribution in [-0.2, 0) is 9.59 Å². The van der Waals surface area contributed by atoms with Crippen molar-refractivity contribution in [1.29, 1.82) is 0 Å². The van der Waals surface area contributed by atoms with E-state index >= 15 is 0 Å². The van der Waals surface area contributed by atoms with Crippen LogP contribution < -0.4 is 4.74 Å². The first kappa shape index (κ1) is 29.2. The van der Waals surface area contributed by atoms with Crippen molar-refractivity contribution < 1.29 is 34.0 Å². The number of aromatic hydroxyl groups is 1. The second-order valence-electron chi connectivity index (χ2n) is 10.7. The maximum atomic E-state index is 14.1. The lowest BCUT2D eigenvalue weighted by atomic mass is 9.68. The Hall–Kier alpha value is -4.34. The Morgan fingerprint density at radius 2 is 1.88 bits per heavy atom. The first-order chi connectivity index (χ1) is 20.3. The summed E-state index contributed by atoms with van der Waals surface area (Å²) < 4.78 is 20.1. The number of hydrogen-bond donors (Lipinski definition) is 3. The van der Waals surface area contributed by atoms with E-state index in [9.17, 15) is 29.3 Å². The number of amides is 2. The smallest absolute Gasteiger partial charge is 0.233 e. The Balaban J connectivity index is 1.47. The molecule has 9 heteroatoms. The highest BCUT2D eigenvalue weighted by Crippen LogP contribution is 2.46. The van der Waals surface area contributed by atoms with Crippen LogP contribution in [0.2, 0.25) is 0 Å². The van der Waals surface area contributed by atoms with E-state index in [4.69, 9.17) is 4.74 Å². The maximum absolute atomic E-state index is 14.1. The van der Waals surface area contributed by atoms with Gasteiger partial charge in [0.15, 0.2) is 11.6 Å². The van der Waals surface area contributed by atoms with Gasteiger partial charge in [-0.25, -0.2) is 4.39 Å². The third kappa shape index (κ3) is 5.98. The standard InChI is InChI=1S/C33H33FN2O6/c1-36-32(40)24-17-22(19-42-23-7-3-2-4-8-23)30(25(18-37)31(24)33(36)41)29(39)13-11-21(27-9-5-6-14-35-27)15-20-10-12-28(38)26(34)16-20/h2-10,12,14-16,24-25,29,31,37-39H,11,13,17-19H2,1H3/b21-15-/t24-,25+,29-,31-/m1/s1. The number of aromatic nitrogens is 1. The second-order valence-corrected chi connectivity index (χ2v) is 10.7. The van der Waals surface area contributed by atoms with Crippen LogP contribution >= 0.6 is 0 Å². The molecule has 3 N–H and O–H groups in total. The number of ether oxygens (including phenoxy) is 1. The summed E-state index contributed by atoms with van der Waals surface area (Å²) in [5.74, 6) is -3.37. The third-order valence-electron chi connectivity index (χ3n) is 8.11. The average Bonchev–Trinajstić information content (AvgIpc) is 3.23. The Morgan fingerprint density at radius 3 is 2.57 bits per heavy atom. The summed E-state index contributed by atoms with van der Waals surface area (Å²) in [5.41, 5.74) is 3.08. The van der Waals surface area contributed by atoms with Crippen molar-refractivity contribution in [1.82, 2.24) is 9.88 Å². The fourth-order valence-electron chi connectivity index (χ4n) is 6.03. The van der Waals surface area contributed by atoms with Gasteiger partial charge in [-0.2, -0.15) is 0 Å². The van der Waals surface area contributed by atoms with Gasteiger partial charge >= 0.3 is 0 Å². The minimum atomic E-state index is -1.06. The van der Waals surface area contributed by atoms with Gasteiger partial charge in [-0.3, -0.25) is 19.5 Å². The number of phenols is 1. The molecule has 1 aliphatic heterocycles. The summed E-state index contributed by atoms with van der Waals surface area (Å²) in [6.07, 6.45) is 3.11. The van der Waals surface area contributed by atoms with Gasteiger partial charge in [0.25, 0.3) is 0 Å². The zero-order chi connectivity index (χ0) is 29.8. The summed E-state index contributed by atoms with van der Waals surface area (Å²) in [5, 5.41) is 31.7. The monoisotopic (exact) mass is 572 g/mol. The van der Waals surface area contributed by atoms with Crippen LogP contribution in [0.5, 0.6) is 11.5 Å². The van der Waals surface area contributed by atoms with Crippen LogP contribution in [0.15, 0.2) is 84.1 Å². The summed E-state index contributed by atoms with van der Waals surface area (Å²) >= 11 is 0. The van der Waals surface area contributed by atoms with Crippen molar-refractivity contribution in [3.05, 3.63) is 101 Å². The molecule has 0 unspecified atom stereocenters. The topological polar surface area (TPSA) is 120 Å². The summed E-state index contributed by atoms with van der Waals surface area (Å²) in [4.78, 5) is 31.6. The van der Waals surface area contributed by atoms with Crippen molar-refractivity contribution in [3.8, 4) is 11.5 Å². The molecule has 0 saturated carbocycles. The lowest BCUT2D eigenvalue weighted by Crippen LogP contribution is -2.39. The molecule has 42 heavy (non-hydrogen) atoms. The number of likely N-dealkylation sites (tertiary alicyclic amines) is 1. The first-order valence-electron chi connectivity index (χ1n) is 13.9. The van der Waals surface area contributed by atoms with Crippen LogP contribution in [0.3, 0.4) is 0 Å². The molecule has 3 aromatic rings. The second kappa shape index (κ2) is 12.7. The van der Waals surface area contributed by atoms with Crippen LogP contribution in [0.4, 0.5) is 4.39 Å². The molecule has 0 radical (unpaired) electrons. The van der Waals surface area contributed by atoms with Gasteiger partial charge in [-0.1, -0.05) is 30.3 Å². The average molecular weight is 573 g/mol. The van der Waals surface area contributed by atoms with Crippen molar-refractivity contribution in [2.75, 3.05) is 20.3 Å².